The van der Waals surface area contributed by atoms with E-state index in [2.05, 4.69) is 5.43 Å². The Morgan fingerprint density at radius 1 is 1.05 bits per heavy atom. The first-order valence-electron chi connectivity index (χ1n) is 5.64. The van der Waals surface area contributed by atoms with Crippen LogP contribution in [0.1, 0.15) is 0 Å². The maximum Gasteiger partial charge on any atom is 0.338 e. The third-order valence-electron chi connectivity index (χ3n) is 2.54. The first-order valence-corrected chi connectivity index (χ1v) is 5.64. The summed E-state index contributed by atoms with van der Waals surface area (Å²) in [6.45, 7) is 0. The highest BCUT2D eigenvalue weighted by atomic mass is 16.2. The van der Waals surface area contributed by atoms with Gasteiger partial charge in [0.2, 0.25) is 0 Å². The van der Waals surface area contributed by atoms with Gasteiger partial charge in [0.25, 0.3) is 0 Å². The number of para-hydroxylation sites is 1. The van der Waals surface area contributed by atoms with Crippen molar-refractivity contribution < 1.29 is 4.79 Å². The van der Waals surface area contributed by atoms with Crippen LogP contribution in [0.2, 0.25) is 0 Å². The molecule has 0 aliphatic heterocycles. The maximum absolute atomic E-state index is 11.5. The van der Waals surface area contributed by atoms with Crippen molar-refractivity contribution in [1.29, 1.82) is 0 Å². The van der Waals surface area contributed by atoms with Gasteiger partial charge < -0.3 is 17.2 Å². The number of hydrazine groups is 1. The number of carbonyl (C=O) groups is 1. The summed E-state index contributed by atoms with van der Waals surface area (Å²) in [5, 5.41) is 1.20. The van der Waals surface area contributed by atoms with Crippen LogP contribution in [0.25, 0.3) is 0 Å². The molecule has 6 heteroatoms. The van der Waals surface area contributed by atoms with Crippen molar-refractivity contribution in [2.45, 2.75) is 0 Å². The quantitative estimate of drug-likeness (QED) is 0.496. The minimum atomic E-state index is -0.645. The average molecular weight is 257 g/mol. The van der Waals surface area contributed by atoms with Crippen LogP contribution < -0.4 is 27.6 Å². The van der Waals surface area contributed by atoms with E-state index in [-0.39, 0.29) is 0 Å². The molecule has 19 heavy (non-hydrogen) atoms. The van der Waals surface area contributed by atoms with Crippen LogP contribution in [0, 0.1) is 0 Å². The number of nitrogens with two attached hydrogens (primary N) is 3. The number of carbonyl (C=O) groups excluding carboxylic acids is 1. The predicted molar refractivity (Wildman–Crippen MR) is 77.4 cm³/mol. The molecule has 98 valence electrons. The van der Waals surface area contributed by atoms with Gasteiger partial charge in [0.05, 0.1) is 17.1 Å². The molecule has 0 aromatic heterocycles. The van der Waals surface area contributed by atoms with E-state index in [0.717, 1.165) is 0 Å². The highest BCUT2D eigenvalue weighted by Crippen LogP contribution is 2.23. The van der Waals surface area contributed by atoms with E-state index in [4.69, 9.17) is 17.2 Å². The largest absolute Gasteiger partial charge is 0.399 e. The Morgan fingerprint density at radius 2 is 1.74 bits per heavy atom. The standard InChI is InChI=1S/C13H15N5O/c14-9-6-7-11(15)12(8-9)17-18(13(16)19)10-4-2-1-3-5-10/h1-8,17H,14-15H2,(H2,16,19). The van der Waals surface area contributed by atoms with Crippen LogP contribution in [-0.4, -0.2) is 6.03 Å². The molecule has 0 saturated carbocycles. The van der Waals surface area contributed by atoms with Gasteiger partial charge in [-0.3, -0.25) is 5.43 Å². The lowest BCUT2D eigenvalue weighted by molar-refractivity contribution is 0.255. The molecule has 2 amide bonds. The fourth-order valence-electron chi connectivity index (χ4n) is 1.62. The Morgan fingerprint density at radius 3 is 2.37 bits per heavy atom. The summed E-state index contributed by atoms with van der Waals surface area (Å²) in [7, 11) is 0. The molecule has 6 nitrogen and oxygen atoms in total. The minimum Gasteiger partial charge on any atom is -0.399 e. The summed E-state index contributed by atoms with van der Waals surface area (Å²) in [5.41, 5.74) is 21.9. The van der Waals surface area contributed by atoms with Crippen LogP contribution >= 0.6 is 0 Å². The van der Waals surface area contributed by atoms with Gasteiger partial charge in [-0.2, -0.15) is 0 Å². The topological polar surface area (TPSA) is 110 Å². The molecular formula is C13H15N5O. The summed E-state index contributed by atoms with van der Waals surface area (Å²) in [6.07, 6.45) is 0. The van der Waals surface area contributed by atoms with Crippen molar-refractivity contribution in [2.75, 3.05) is 21.9 Å². The zero-order valence-electron chi connectivity index (χ0n) is 10.2. The van der Waals surface area contributed by atoms with Gasteiger partial charge in [0.1, 0.15) is 0 Å². The number of anilines is 4. The second-order valence-electron chi connectivity index (χ2n) is 3.97. The zero-order valence-corrected chi connectivity index (χ0v) is 10.2. The smallest absolute Gasteiger partial charge is 0.338 e. The zero-order chi connectivity index (χ0) is 13.8. The average Bonchev–Trinajstić information content (AvgIpc) is 2.40. The number of hydrogen-bond donors (Lipinski definition) is 4. The highest BCUT2D eigenvalue weighted by Gasteiger charge is 2.13. The fourth-order valence-corrected chi connectivity index (χ4v) is 1.62. The molecule has 0 atom stereocenters. The number of hydrogen-bond acceptors (Lipinski definition) is 4. The second kappa shape index (κ2) is 5.18. The third kappa shape index (κ3) is 2.86. The van der Waals surface area contributed by atoms with Crippen molar-refractivity contribution >= 4 is 28.8 Å². The molecule has 0 bridgehead atoms. The summed E-state index contributed by atoms with van der Waals surface area (Å²) in [5.74, 6) is 0. The van der Waals surface area contributed by atoms with E-state index >= 15 is 0 Å². The van der Waals surface area contributed by atoms with Gasteiger partial charge in [-0.05, 0) is 30.3 Å². The molecule has 7 N–H and O–H groups in total. The molecule has 0 aliphatic rings. The van der Waals surface area contributed by atoms with E-state index < -0.39 is 6.03 Å². The maximum atomic E-state index is 11.5. The number of amides is 2. The Labute approximate surface area is 110 Å². The molecule has 0 heterocycles. The summed E-state index contributed by atoms with van der Waals surface area (Å²) in [4.78, 5) is 11.5. The van der Waals surface area contributed by atoms with Crippen molar-refractivity contribution in [3.63, 3.8) is 0 Å². The van der Waals surface area contributed by atoms with E-state index in [9.17, 15) is 4.79 Å². The Balaban J connectivity index is 2.32. The lowest BCUT2D eigenvalue weighted by atomic mass is 10.2. The normalized spacial score (nSPS) is 9.89. The summed E-state index contributed by atoms with van der Waals surface area (Å²) >= 11 is 0. The number of nitrogens with zero attached hydrogens (tertiary/aromatic N) is 1. The Bertz CT molecular complexity index is 585. The first-order chi connectivity index (χ1) is 9.08. The second-order valence-corrected chi connectivity index (χ2v) is 3.97. The molecular weight excluding hydrogens is 242 g/mol. The number of nitrogens with one attached hydrogen (secondary N) is 1. The predicted octanol–water partition coefficient (Wildman–Crippen LogP) is 1.76. The van der Waals surface area contributed by atoms with Gasteiger partial charge >= 0.3 is 6.03 Å². The lowest BCUT2D eigenvalue weighted by Crippen LogP contribution is -2.40. The van der Waals surface area contributed by atoms with Crippen molar-refractivity contribution in [1.82, 2.24) is 0 Å². The molecule has 0 fully saturated rings. The van der Waals surface area contributed by atoms with E-state index in [1.165, 1.54) is 5.01 Å². The van der Waals surface area contributed by atoms with E-state index in [1.54, 1.807) is 42.5 Å². The van der Waals surface area contributed by atoms with Crippen LogP contribution in [0.4, 0.5) is 27.5 Å². The van der Waals surface area contributed by atoms with Crippen molar-refractivity contribution in [2.24, 2.45) is 5.73 Å². The van der Waals surface area contributed by atoms with E-state index in [1.807, 2.05) is 6.07 Å². The molecule has 0 aliphatic carbocycles. The Kier molecular flexibility index (Phi) is 3.42. The first kappa shape index (κ1) is 12.6. The van der Waals surface area contributed by atoms with Crippen molar-refractivity contribution in [3.8, 4) is 0 Å². The Hall–Kier alpha value is -2.89. The van der Waals surface area contributed by atoms with Crippen LogP contribution in [-0.2, 0) is 0 Å². The molecule has 2 rings (SSSR count). The molecule has 2 aromatic carbocycles. The fraction of sp³-hybridized carbons (Fsp3) is 0. The monoisotopic (exact) mass is 257 g/mol. The number of benzene rings is 2. The molecule has 0 saturated heterocycles. The molecule has 2 aromatic rings. The molecule has 0 radical (unpaired) electrons. The SMILES string of the molecule is NC(=O)N(Nc1cc(N)ccc1N)c1ccccc1. The van der Waals surface area contributed by atoms with Crippen LogP contribution in [0.15, 0.2) is 48.5 Å². The van der Waals surface area contributed by atoms with Crippen molar-refractivity contribution in [3.05, 3.63) is 48.5 Å². The minimum absolute atomic E-state index is 0.469. The van der Waals surface area contributed by atoms with Gasteiger partial charge in [-0.1, -0.05) is 18.2 Å². The molecule has 0 unspecified atom stereocenters. The van der Waals surface area contributed by atoms with Gasteiger partial charge in [-0.15, -0.1) is 0 Å². The highest BCUT2D eigenvalue weighted by molar-refractivity contribution is 5.93. The van der Waals surface area contributed by atoms with Gasteiger partial charge in [0, 0.05) is 5.69 Å². The summed E-state index contributed by atoms with van der Waals surface area (Å²) in [6, 6.07) is 13.3. The summed E-state index contributed by atoms with van der Waals surface area (Å²) < 4.78 is 0. The van der Waals surface area contributed by atoms with Crippen LogP contribution in [0.5, 0.6) is 0 Å². The number of rotatable bonds is 3. The number of urea groups is 1. The van der Waals surface area contributed by atoms with Crippen LogP contribution in [0.3, 0.4) is 0 Å². The van der Waals surface area contributed by atoms with E-state index in [0.29, 0.717) is 22.7 Å². The number of nitrogen functional groups attached to an aromatic ring is 2. The van der Waals surface area contributed by atoms with Gasteiger partial charge in [0.15, 0.2) is 0 Å². The molecule has 0 spiro atoms. The lowest BCUT2D eigenvalue weighted by Gasteiger charge is -2.23. The van der Waals surface area contributed by atoms with Gasteiger partial charge in [-0.25, -0.2) is 9.80 Å². The third-order valence-corrected chi connectivity index (χ3v) is 2.54. The number of primary amides is 1.